The lowest BCUT2D eigenvalue weighted by molar-refractivity contribution is 0.288. The van der Waals surface area contributed by atoms with Crippen LogP contribution < -0.4 is 20.2 Å². The van der Waals surface area contributed by atoms with E-state index in [0.717, 1.165) is 30.0 Å². The third-order valence-electron chi connectivity index (χ3n) is 4.76. The van der Waals surface area contributed by atoms with E-state index in [2.05, 4.69) is 22.8 Å². The summed E-state index contributed by atoms with van der Waals surface area (Å²) in [6, 6.07) is 5.76. The number of hydrogen-bond acceptors (Lipinski definition) is 4. The zero-order valence-corrected chi connectivity index (χ0v) is 20.0. The standard InChI is InChI=1S/C24H41N3O2S/c1-4-7-8-9-10-11-12-13-14-15-18-25-24(30)27-26-20-21-16-17-22(28-5-2)23(19-21)29-6-3/h16-17,19-20H,4-15,18H2,1-3H3,(H2,25,27,30). The normalized spacial score (nSPS) is 10.9. The Balaban J connectivity index is 2.15. The smallest absolute Gasteiger partial charge is 0.186 e. The van der Waals surface area contributed by atoms with Crippen molar-refractivity contribution in [2.75, 3.05) is 19.8 Å². The minimum atomic E-state index is 0.554. The number of ether oxygens (including phenoxy) is 2. The Bertz CT molecular complexity index is 608. The molecule has 0 aromatic heterocycles. The minimum Gasteiger partial charge on any atom is -0.490 e. The third-order valence-corrected chi connectivity index (χ3v) is 5.00. The molecule has 1 rings (SSSR count). The SMILES string of the molecule is CCCCCCCCCCCCNC(=S)NN=Cc1ccc(OCC)c(OCC)c1. The fourth-order valence-corrected chi connectivity index (χ4v) is 3.32. The molecule has 6 heteroatoms. The molecule has 0 heterocycles. The molecule has 0 bridgehead atoms. The molecule has 0 unspecified atom stereocenters. The predicted octanol–water partition coefficient (Wildman–Crippen LogP) is 6.20. The summed E-state index contributed by atoms with van der Waals surface area (Å²) in [5, 5.41) is 7.98. The Morgan fingerprint density at radius 1 is 0.867 bits per heavy atom. The van der Waals surface area contributed by atoms with Crippen molar-refractivity contribution < 1.29 is 9.47 Å². The van der Waals surface area contributed by atoms with Gasteiger partial charge in [0.1, 0.15) is 0 Å². The van der Waals surface area contributed by atoms with Gasteiger partial charge in [-0.2, -0.15) is 5.10 Å². The predicted molar refractivity (Wildman–Crippen MR) is 132 cm³/mol. The highest BCUT2D eigenvalue weighted by atomic mass is 32.1. The first kappa shape index (κ1) is 26.2. The Labute approximate surface area is 189 Å². The van der Waals surface area contributed by atoms with Crippen molar-refractivity contribution in [2.24, 2.45) is 5.10 Å². The summed E-state index contributed by atoms with van der Waals surface area (Å²) >= 11 is 5.28. The van der Waals surface area contributed by atoms with Gasteiger partial charge in [-0.25, -0.2) is 0 Å². The first-order chi connectivity index (χ1) is 14.7. The van der Waals surface area contributed by atoms with Crippen molar-refractivity contribution in [1.29, 1.82) is 0 Å². The Morgan fingerprint density at radius 2 is 1.47 bits per heavy atom. The van der Waals surface area contributed by atoms with E-state index in [1.807, 2.05) is 32.0 Å². The van der Waals surface area contributed by atoms with Crippen LogP contribution in [0.5, 0.6) is 11.5 Å². The molecule has 0 saturated carbocycles. The topological polar surface area (TPSA) is 54.9 Å². The summed E-state index contributed by atoms with van der Waals surface area (Å²) in [5.41, 5.74) is 3.80. The van der Waals surface area contributed by atoms with Gasteiger partial charge in [-0.05, 0) is 56.2 Å². The molecule has 170 valence electrons. The van der Waals surface area contributed by atoms with Gasteiger partial charge in [-0.15, -0.1) is 0 Å². The number of unbranched alkanes of at least 4 members (excludes halogenated alkanes) is 9. The fraction of sp³-hybridized carbons (Fsp3) is 0.667. The second kappa shape index (κ2) is 18.0. The largest absolute Gasteiger partial charge is 0.490 e. The van der Waals surface area contributed by atoms with Crippen molar-refractivity contribution in [2.45, 2.75) is 85.0 Å². The maximum atomic E-state index is 5.63. The van der Waals surface area contributed by atoms with Gasteiger partial charge < -0.3 is 14.8 Å². The number of thiocarbonyl (C=S) groups is 1. The summed E-state index contributed by atoms with van der Waals surface area (Å²) in [6.45, 7) is 8.26. The van der Waals surface area contributed by atoms with Gasteiger partial charge in [0.15, 0.2) is 16.6 Å². The van der Waals surface area contributed by atoms with Crippen molar-refractivity contribution in [3.63, 3.8) is 0 Å². The summed E-state index contributed by atoms with van der Waals surface area (Å²) in [5.74, 6) is 1.48. The fourth-order valence-electron chi connectivity index (χ4n) is 3.17. The van der Waals surface area contributed by atoms with Crippen LogP contribution in [-0.2, 0) is 0 Å². The molecule has 0 amide bonds. The first-order valence-corrected chi connectivity index (χ1v) is 12.1. The van der Waals surface area contributed by atoms with Crippen LogP contribution in [0.3, 0.4) is 0 Å². The van der Waals surface area contributed by atoms with E-state index < -0.39 is 0 Å². The minimum absolute atomic E-state index is 0.554. The summed E-state index contributed by atoms with van der Waals surface area (Å²) in [4.78, 5) is 0. The van der Waals surface area contributed by atoms with Crippen LogP contribution in [0.1, 0.15) is 90.5 Å². The zero-order chi connectivity index (χ0) is 21.9. The van der Waals surface area contributed by atoms with Gasteiger partial charge in [0.05, 0.1) is 19.4 Å². The van der Waals surface area contributed by atoms with E-state index in [0.29, 0.717) is 18.3 Å². The molecule has 5 nitrogen and oxygen atoms in total. The Morgan fingerprint density at radius 3 is 2.10 bits per heavy atom. The quantitative estimate of drug-likeness (QED) is 0.132. The van der Waals surface area contributed by atoms with Gasteiger partial charge in [0.2, 0.25) is 0 Å². The number of nitrogens with one attached hydrogen (secondary N) is 2. The van der Waals surface area contributed by atoms with Crippen LogP contribution >= 0.6 is 12.2 Å². The van der Waals surface area contributed by atoms with E-state index >= 15 is 0 Å². The molecule has 0 fully saturated rings. The van der Waals surface area contributed by atoms with Gasteiger partial charge in [0.25, 0.3) is 0 Å². The molecule has 1 aromatic carbocycles. The molecule has 1 aromatic rings. The lowest BCUT2D eigenvalue weighted by Crippen LogP contribution is -2.32. The van der Waals surface area contributed by atoms with Crippen molar-refractivity contribution in [1.82, 2.24) is 10.7 Å². The zero-order valence-electron chi connectivity index (χ0n) is 19.2. The number of benzene rings is 1. The van der Waals surface area contributed by atoms with Crippen LogP contribution in [0.2, 0.25) is 0 Å². The highest BCUT2D eigenvalue weighted by molar-refractivity contribution is 7.80. The highest BCUT2D eigenvalue weighted by Crippen LogP contribution is 2.27. The number of rotatable bonds is 17. The van der Waals surface area contributed by atoms with Crippen LogP contribution in [0.4, 0.5) is 0 Å². The number of nitrogens with zero attached hydrogens (tertiary/aromatic N) is 1. The highest BCUT2D eigenvalue weighted by Gasteiger charge is 2.05. The summed E-state index contributed by atoms with van der Waals surface area (Å²) < 4.78 is 11.2. The van der Waals surface area contributed by atoms with E-state index in [-0.39, 0.29) is 0 Å². The van der Waals surface area contributed by atoms with Gasteiger partial charge in [-0.1, -0.05) is 64.7 Å². The molecule has 0 aliphatic heterocycles. The monoisotopic (exact) mass is 435 g/mol. The van der Waals surface area contributed by atoms with Crippen molar-refractivity contribution in [3.8, 4) is 11.5 Å². The molecule has 2 N–H and O–H groups in total. The lowest BCUT2D eigenvalue weighted by atomic mass is 10.1. The summed E-state index contributed by atoms with van der Waals surface area (Å²) in [7, 11) is 0. The average Bonchev–Trinajstić information content (AvgIpc) is 2.74. The molecule has 0 atom stereocenters. The van der Waals surface area contributed by atoms with Gasteiger partial charge in [-0.3, -0.25) is 5.43 Å². The molecule has 0 radical (unpaired) electrons. The molecule has 0 saturated heterocycles. The lowest BCUT2D eigenvalue weighted by Gasteiger charge is -2.11. The molecular weight excluding hydrogens is 394 g/mol. The Hall–Kier alpha value is -1.82. The van der Waals surface area contributed by atoms with E-state index in [1.165, 1.54) is 57.8 Å². The van der Waals surface area contributed by atoms with E-state index in [9.17, 15) is 0 Å². The molecule has 0 aliphatic carbocycles. The van der Waals surface area contributed by atoms with Gasteiger partial charge in [0, 0.05) is 6.54 Å². The second-order valence-corrected chi connectivity index (χ2v) is 7.79. The summed E-state index contributed by atoms with van der Waals surface area (Å²) in [6.07, 6.45) is 15.1. The molecule has 0 spiro atoms. The first-order valence-electron chi connectivity index (χ1n) is 11.7. The number of hydrazone groups is 1. The molecule has 0 aliphatic rings. The second-order valence-electron chi connectivity index (χ2n) is 7.38. The Kier molecular flexibility index (Phi) is 15.7. The van der Waals surface area contributed by atoms with Crippen LogP contribution in [0.25, 0.3) is 0 Å². The van der Waals surface area contributed by atoms with Crippen LogP contribution in [-0.4, -0.2) is 31.1 Å². The van der Waals surface area contributed by atoms with E-state index in [1.54, 1.807) is 6.21 Å². The average molecular weight is 436 g/mol. The van der Waals surface area contributed by atoms with Gasteiger partial charge >= 0.3 is 0 Å². The van der Waals surface area contributed by atoms with Crippen LogP contribution in [0, 0.1) is 0 Å². The van der Waals surface area contributed by atoms with Crippen molar-refractivity contribution in [3.05, 3.63) is 23.8 Å². The van der Waals surface area contributed by atoms with Crippen LogP contribution in [0.15, 0.2) is 23.3 Å². The maximum Gasteiger partial charge on any atom is 0.186 e. The van der Waals surface area contributed by atoms with E-state index in [4.69, 9.17) is 21.7 Å². The third kappa shape index (κ3) is 12.7. The molecule has 30 heavy (non-hydrogen) atoms. The van der Waals surface area contributed by atoms with Crippen molar-refractivity contribution >= 4 is 23.5 Å². The molecular formula is C24H41N3O2S. The maximum absolute atomic E-state index is 5.63. The number of hydrogen-bond donors (Lipinski definition) is 2.